The quantitative estimate of drug-likeness (QED) is 0.814. The maximum Gasteiger partial charge on any atom is 0.243 e. The summed E-state index contributed by atoms with van der Waals surface area (Å²) >= 11 is 0. The molecule has 7 heteroatoms. The Bertz CT molecular complexity index is 713. The number of hydrogen-bond donors (Lipinski definition) is 1. The molecule has 3 rings (SSSR count). The van der Waals surface area contributed by atoms with Gasteiger partial charge in [-0.05, 0) is 49.9 Å². The van der Waals surface area contributed by atoms with Crippen molar-refractivity contribution in [1.29, 1.82) is 0 Å². The summed E-state index contributed by atoms with van der Waals surface area (Å²) in [6.07, 6.45) is 8.10. The zero-order chi connectivity index (χ0) is 18.6. The number of benzene rings is 1. The molecule has 1 N–H and O–H groups in total. The second-order valence-corrected chi connectivity index (χ2v) is 9.29. The van der Waals surface area contributed by atoms with E-state index in [0.717, 1.165) is 37.8 Å². The molecule has 1 atom stereocenters. The van der Waals surface area contributed by atoms with E-state index in [0.29, 0.717) is 19.4 Å². The van der Waals surface area contributed by atoms with Gasteiger partial charge in [0.05, 0.1) is 10.8 Å². The molecule has 144 valence electrons. The molecule has 1 aromatic rings. The lowest BCUT2D eigenvalue weighted by atomic mass is 9.97. The molecule has 1 aromatic carbocycles. The average Bonchev–Trinajstić information content (AvgIpc) is 2.91. The Hall–Kier alpha value is -1.47. The van der Waals surface area contributed by atoms with E-state index in [2.05, 4.69) is 5.32 Å². The van der Waals surface area contributed by atoms with Crippen LogP contribution in [0.25, 0.3) is 0 Å². The highest BCUT2D eigenvalue weighted by Crippen LogP contribution is 2.25. The van der Waals surface area contributed by atoms with Gasteiger partial charge in [-0.2, -0.15) is 4.31 Å². The lowest BCUT2D eigenvalue weighted by Crippen LogP contribution is -2.47. The van der Waals surface area contributed by atoms with Gasteiger partial charge in [0.25, 0.3) is 0 Å². The first-order chi connectivity index (χ1) is 12.5. The summed E-state index contributed by atoms with van der Waals surface area (Å²) in [5.74, 6) is -0.818. The molecule has 1 unspecified atom stereocenters. The molecule has 1 amide bonds. The lowest BCUT2D eigenvalue weighted by molar-refractivity contribution is -0.126. The van der Waals surface area contributed by atoms with Gasteiger partial charge in [0.2, 0.25) is 15.9 Å². The third kappa shape index (κ3) is 4.62. The molecule has 2 fully saturated rings. The molecule has 2 aliphatic rings. The number of rotatable bonds is 4. The largest absolute Gasteiger partial charge is 0.353 e. The van der Waals surface area contributed by atoms with E-state index in [4.69, 9.17) is 0 Å². The van der Waals surface area contributed by atoms with Crippen LogP contribution in [0.15, 0.2) is 29.2 Å². The van der Waals surface area contributed by atoms with Crippen LogP contribution in [0.1, 0.15) is 51.4 Å². The first-order valence-corrected chi connectivity index (χ1v) is 11.0. The van der Waals surface area contributed by atoms with Crippen LogP contribution in [0, 0.1) is 11.7 Å². The minimum absolute atomic E-state index is 0.0316. The molecule has 0 bridgehead atoms. The highest BCUT2D eigenvalue weighted by molar-refractivity contribution is 7.89. The molecule has 0 aromatic heterocycles. The molecule has 0 spiro atoms. The smallest absolute Gasteiger partial charge is 0.243 e. The van der Waals surface area contributed by atoms with Crippen molar-refractivity contribution in [1.82, 2.24) is 9.62 Å². The Morgan fingerprint density at radius 2 is 1.65 bits per heavy atom. The third-order valence-corrected chi connectivity index (χ3v) is 7.29. The number of amides is 1. The van der Waals surface area contributed by atoms with Crippen LogP contribution in [0.4, 0.5) is 4.39 Å². The Balaban J connectivity index is 1.64. The minimum atomic E-state index is -3.70. The molecule has 5 nitrogen and oxygen atoms in total. The van der Waals surface area contributed by atoms with Gasteiger partial charge in [-0.1, -0.05) is 25.7 Å². The first-order valence-electron chi connectivity index (χ1n) is 9.53. The van der Waals surface area contributed by atoms with E-state index < -0.39 is 15.8 Å². The van der Waals surface area contributed by atoms with Gasteiger partial charge in [0, 0.05) is 19.1 Å². The number of carbonyl (C=O) groups excluding carboxylic acids is 1. The van der Waals surface area contributed by atoms with Crippen LogP contribution in [0.5, 0.6) is 0 Å². The van der Waals surface area contributed by atoms with Gasteiger partial charge in [-0.3, -0.25) is 4.79 Å². The van der Waals surface area contributed by atoms with Gasteiger partial charge in [-0.15, -0.1) is 0 Å². The van der Waals surface area contributed by atoms with Crippen molar-refractivity contribution in [3.63, 3.8) is 0 Å². The molecule has 1 heterocycles. The molecule has 1 saturated carbocycles. The summed E-state index contributed by atoms with van der Waals surface area (Å²) in [5.41, 5.74) is 0. The standard InChI is InChI=1S/C19H27FN2O3S/c20-16-9-11-18(12-10-16)26(24,25)22-13-5-6-15(14-22)19(23)21-17-7-3-1-2-4-8-17/h9-12,15,17H,1-8,13-14H2,(H,21,23). The summed E-state index contributed by atoms with van der Waals surface area (Å²) in [6.45, 7) is 0.588. The minimum Gasteiger partial charge on any atom is -0.353 e. The van der Waals surface area contributed by atoms with E-state index >= 15 is 0 Å². The maximum atomic E-state index is 13.1. The van der Waals surface area contributed by atoms with Crippen molar-refractivity contribution < 1.29 is 17.6 Å². The van der Waals surface area contributed by atoms with Crippen molar-refractivity contribution in [2.75, 3.05) is 13.1 Å². The average molecular weight is 383 g/mol. The Kier molecular flexibility index (Phi) is 6.29. The summed E-state index contributed by atoms with van der Waals surface area (Å²) < 4.78 is 40.0. The van der Waals surface area contributed by atoms with E-state index in [-0.39, 0.29) is 29.3 Å². The number of sulfonamides is 1. The Morgan fingerprint density at radius 3 is 2.31 bits per heavy atom. The van der Waals surface area contributed by atoms with Crippen LogP contribution in [0.3, 0.4) is 0 Å². The molecule has 1 aliphatic carbocycles. The fourth-order valence-electron chi connectivity index (χ4n) is 3.87. The van der Waals surface area contributed by atoms with E-state index in [1.807, 2.05) is 0 Å². The third-order valence-electron chi connectivity index (χ3n) is 5.41. The van der Waals surface area contributed by atoms with Crippen molar-refractivity contribution >= 4 is 15.9 Å². The van der Waals surface area contributed by atoms with Crippen molar-refractivity contribution in [3.05, 3.63) is 30.1 Å². The van der Waals surface area contributed by atoms with Crippen molar-refractivity contribution in [3.8, 4) is 0 Å². The number of nitrogens with one attached hydrogen (secondary N) is 1. The van der Waals surface area contributed by atoms with E-state index in [1.54, 1.807) is 0 Å². The number of nitrogens with zero attached hydrogens (tertiary/aromatic N) is 1. The van der Waals surface area contributed by atoms with Gasteiger partial charge < -0.3 is 5.32 Å². The molecule has 1 aliphatic heterocycles. The van der Waals surface area contributed by atoms with E-state index in [1.165, 1.54) is 29.3 Å². The summed E-state index contributed by atoms with van der Waals surface area (Å²) in [4.78, 5) is 12.7. The monoisotopic (exact) mass is 382 g/mol. The normalized spacial score (nSPS) is 23.3. The predicted octanol–water partition coefficient (Wildman–Crippen LogP) is 3.07. The molecule has 26 heavy (non-hydrogen) atoms. The second kappa shape index (κ2) is 8.48. The van der Waals surface area contributed by atoms with Crippen LogP contribution in [-0.4, -0.2) is 37.8 Å². The summed E-state index contributed by atoms with van der Waals surface area (Å²) in [7, 11) is -3.70. The Labute approximate surface area is 155 Å². The van der Waals surface area contributed by atoms with Crippen molar-refractivity contribution in [2.45, 2.75) is 62.3 Å². The van der Waals surface area contributed by atoms with Gasteiger partial charge >= 0.3 is 0 Å². The summed E-state index contributed by atoms with van der Waals surface area (Å²) in [5, 5.41) is 3.14. The zero-order valence-electron chi connectivity index (χ0n) is 15.0. The van der Waals surface area contributed by atoms with Crippen LogP contribution in [0.2, 0.25) is 0 Å². The van der Waals surface area contributed by atoms with Crippen LogP contribution in [-0.2, 0) is 14.8 Å². The van der Waals surface area contributed by atoms with Gasteiger partial charge in [0.1, 0.15) is 5.82 Å². The maximum absolute atomic E-state index is 13.1. The van der Waals surface area contributed by atoms with Crippen LogP contribution < -0.4 is 5.32 Å². The predicted molar refractivity (Wildman–Crippen MR) is 97.5 cm³/mol. The lowest BCUT2D eigenvalue weighted by Gasteiger charge is -2.32. The number of hydrogen-bond acceptors (Lipinski definition) is 3. The number of piperidine rings is 1. The highest BCUT2D eigenvalue weighted by atomic mass is 32.2. The highest BCUT2D eigenvalue weighted by Gasteiger charge is 2.34. The topological polar surface area (TPSA) is 66.5 Å². The molecular formula is C19H27FN2O3S. The zero-order valence-corrected chi connectivity index (χ0v) is 15.8. The fourth-order valence-corrected chi connectivity index (χ4v) is 5.40. The first kappa shape index (κ1) is 19.3. The van der Waals surface area contributed by atoms with Crippen molar-refractivity contribution in [2.24, 2.45) is 5.92 Å². The molecule has 0 radical (unpaired) electrons. The van der Waals surface area contributed by atoms with Crippen LogP contribution >= 0.6 is 0 Å². The Morgan fingerprint density at radius 1 is 1.00 bits per heavy atom. The van der Waals surface area contributed by atoms with Gasteiger partial charge in [-0.25, -0.2) is 12.8 Å². The fraction of sp³-hybridized carbons (Fsp3) is 0.632. The molecular weight excluding hydrogens is 355 g/mol. The number of halogens is 1. The van der Waals surface area contributed by atoms with Gasteiger partial charge in [0.15, 0.2) is 0 Å². The van der Waals surface area contributed by atoms with E-state index in [9.17, 15) is 17.6 Å². The second-order valence-electron chi connectivity index (χ2n) is 7.35. The SMILES string of the molecule is O=C(NC1CCCCCC1)C1CCCN(S(=O)(=O)c2ccc(F)cc2)C1. The number of carbonyl (C=O) groups is 1. The molecule has 1 saturated heterocycles. The summed E-state index contributed by atoms with van der Waals surface area (Å²) in [6, 6.07) is 5.06.